The van der Waals surface area contributed by atoms with Crippen LogP contribution in [0.5, 0.6) is 0 Å². The topological polar surface area (TPSA) is 12.0 Å². The van der Waals surface area contributed by atoms with Gasteiger partial charge in [-0.15, -0.1) is 0 Å². The van der Waals surface area contributed by atoms with Crippen LogP contribution in [0.4, 0.5) is 8.78 Å². The molecule has 0 spiro atoms. The van der Waals surface area contributed by atoms with Crippen LogP contribution in [0.3, 0.4) is 0 Å². The number of benzene rings is 1. The van der Waals surface area contributed by atoms with E-state index in [1.807, 2.05) is 6.92 Å². The second kappa shape index (κ2) is 6.10. The van der Waals surface area contributed by atoms with Crippen molar-refractivity contribution in [3.8, 4) is 0 Å². The van der Waals surface area contributed by atoms with E-state index in [4.69, 9.17) is 0 Å². The molecule has 0 aliphatic rings. The van der Waals surface area contributed by atoms with Gasteiger partial charge in [0.25, 0.3) is 0 Å². The van der Waals surface area contributed by atoms with Gasteiger partial charge in [0.2, 0.25) is 0 Å². The van der Waals surface area contributed by atoms with Crippen molar-refractivity contribution < 1.29 is 8.78 Å². The van der Waals surface area contributed by atoms with Gasteiger partial charge in [0, 0.05) is 18.2 Å². The fourth-order valence-corrected chi connectivity index (χ4v) is 1.83. The van der Waals surface area contributed by atoms with Crippen LogP contribution in [0.1, 0.15) is 45.7 Å². The highest BCUT2D eigenvalue weighted by atomic mass is 19.1. The summed E-state index contributed by atoms with van der Waals surface area (Å²) in [4.78, 5) is 0. The minimum Gasteiger partial charge on any atom is -0.307 e. The van der Waals surface area contributed by atoms with Gasteiger partial charge in [0.05, 0.1) is 0 Å². The number of nitrogens with one attached hydrogen (secondary N) is 1. The lowest BCUT2D eigenvalue weighted by Crippen LogP contribution is -2.34. The molecule has 96 valence electrons. The molecular formula is C14H21F2N. The van der Waals surface area contributed by atoms with Gasteiger partial charge in [-0.1, -0.05) is 20.3 Å². The molecule has 1 N–H and O–H groups in total. The second-order valence-electron chi connectivity index (χ2n) is 4.77. The fourth-order valence-electron chi connectivity index (χ4n) is 1.83. The maximum atomic E-state index is 13.1. The van der Waals surface area contributed by atoms with E-state index in [1.165, 1.54) is 12.1 Å². The molecule has 0 heterocycles. The second-order valence-corrected chi connectivity index (χ2v) is 4.77. The Labute approximate surface area is 102 Å². The third-order valence-electron chi connectivity index (χ3n) is 3.40. The number of halogens is 2. The molecular weight excluding hydrogens is 220 g/mol. The van der Waals surface area contributed by atoms with E-state index < -0.39 is 11.6 Å². The van der Waals surface area contributed by atoms with Gasteiger partial charge in [0.1, 0.15) is 11.6 Å². The van der Waals surface area contributed by atoms with Crippen molar-refractivity contribution in [2.24, 2.45) is 5.92 Å². The number of hydrogen-bond donors (Lipinski definition) is 1. The Morgan fingerprint density at radius 2 is 1.59 bits per heavy atom. The van der Waals surface area contributed by atoms with Gasteiger partial charge in [-0.2, -0.15) is 0 Å². The van der Waals surface area contributed by atoms with Crippen molar-refractivity contribution in [1.82, 2.24) is 5.32 Å². The largest absolute Gasteiger partial charge is 0.307 e. The van der Waals surface area contributed by atoms with Crippen LogP contribution < -0.4 is 5.32 Å². The van der Waals surface area contributed by atoms with E-state index in [2.05, 4.69) is 26.1 Å². The summed E-state index contributed by atoms with van der Waals surface area (Å²) in [5, 5.41) is 3.37. The van der Waals surface area contributed by atoms with Gasteiger partial charge in [-0.3, -0.25) is 0 Å². The van der Waals surface area contributed by atoms with Crippen LogP contribution in [0.25, 0.3) is 0 Å². The van der Waals surface area contributed by atoms with E-state index >= 15 is 0 Å². The van der Waals surface area contributed by atoms with Crippen LogP contribution in [-0.4, -0.2) is 6.04 Å². The first-order chi connectivity index (χ1) is 7.93. The normalized spacial score (nSPS) is 16.6. The average molecular weight is 241 g/mol. The maximum Gasteiger partial charge on any atom is 0.126 e. The Morgan fingerprint density at radius 1 is 1.06 bits per heavy atom. The molecule has 0 saturated heterocycles. The first-order valence-corrected chi connectivity index (χ1v) is 6.16. The Bertz CT molecular complexity index is 345. The zero-order valence-electron chi connectivity index (χ0n) is 10.9. The van der Waals surface area contributed by atoms with Gasteiger partial charge in [-0.25, -0.2) is 8.78 Å². The lowest BCUT2D eigenvalue weighted by Gasteiger charge is -2.24. The molecule has 17 heavy (non-hydrogen) atoms. The molecule has 0 fully saturated rings. The monoisotopic (exact) mass is 241 g/mol. The minimum atomic E-state index is -0.523. The summed E-state index contributed by atoms with van der Waals surface area (Å²) in [5.74, 6) is -0.509. The maximum absolute atomic E-state index is 13.1. The highest BCUT2D eigenvalue weighted by Gasteiger charge is 2.15. The Kier molecular flexibility index (Phi) is 5.06. The van der Waals surface area contributed by atoms with Crippen molar-refractivity contribution >= 4 is 0 Å². The van der Waals surface area contributed by atoms with Crippen LogP contribution in [-0.2, 0) is 0 Å². The molecule has 1 nitrogen and oxygen atoms in total. The first-order valence-electron chi connectivity index (χ1n) is 6.16. The summed E-state index contributed by atoms with van der Waals surface area (Å²) < 4.78 is 26.2. The molecule has 0 aromatic heterocycles. The molecule has 0 aliphatic carbocycles. The fraction of sp³-hybridized carbons (Fsp3) is 0.571. The predicted molar refractivity (Wildman–Crippen MR) is 66.8 cm³/mol. The molecule has 3 atom stereocenters. The van der Waals surface area contributed by atoms with E-state index in [1.54, 1.807) is 0 Å². The lowest BCUT2D eigenvalue weighted by atomic mass is 9.98. The van der Waals surface area contributed by atoms with E-state index in [0.29, 0.717) is 17.5 Å². The highest BCUT2D eigenvalue weighted by Crippen LogP contribution is 2.18. The molecule has 0 saturated carbocycles. The molecule has 0 amide bonds. The Morgan fingerprint density at radius 3 is 2.06 bits per heavy atom. The molecule has 0 radical (unpaired) electrons. The van der Waals surface area contributed by atoms with E-state index in [0.717, 1.165) is 12.5 Å². The van der Waals surface area contributed by atoms with Gasteiger partial charge >= 0.3 is 0 Å². The zero-order chi connectivity index (χ0) is 13.0. The molecule has 1 aromatic carbocycles. The standard InChI is InChI=1S/C14H21F2N/c1-5-9(2)10(3)17-11(4)12-6-13(15)8-14(16)7-12/h6-11,17H,5H2,1-4H3. The van der Waals surface area contributed by atoms with E-state index in [-0.39, 0.29) is 6.04 Å². The van der Waals surface area contributed by atoms with Gasteiger partial charge in [0.15, 0.2) is 0 Å². The Hall–Kier alpha value is -0.960. The van der Waals surface area contributed by atoms with Crippen molar-refractivity contribution in [2.45, 2.75) is 46.2 Å². The number of rotatable bonds is 5. The smallest absolute Gasteiger partial charge is 0.126 e. The molecule has 3 heteroatoms. The van der Waals surface area contributed by atoms with Gasteiger partial charge in [-0.05, 0) is 37.5 Å². The first kappa shape index (κ1) is 14.1. The summed E-state index contributed by atoms with van der Waals surface area (Å²) in [7, 11) is 0. The third kappa shape index (κ3) is 4.08. The SMILES string of the molecule is CCC(C)C(C)NC(C)c1cc(F)cc(F)c1. The van der Waals surface area contributed by atoms with Crippen molar-refractivity contribution in [2.75, 3.05) is 0 Å². The van der Waals surface area contributed by atoms with Crippen LogP contribution in [0.2, 0.25) is 0 Å². The third-order valence-corrected chi connectivity index (χ3v) is 3.40. The van der Waals surface area contributed by atoms with Crippen molar-refractivity contribution in [3.05, 3.63) is 35.4 Å². The van der Waals surface area contributed by atoms with Crippen molar-refractivity contribution in [1.29, 1.82) is 0 Å². The molecule has 0 bridgehead atoms. The molecule has 0 aliphatic heterocycles. The van der Waals surface area contributed by atoms with Crippen LogP contribution in [0, 0.1) is 17.6 Å². The highest BCUT2D eigenvalue weighted by molar-refractivity contribution is 5.21. The van der Waals surface area contributed by atoms with Crippen LogP contribution in [0.15, 0.2) is 18.2 Å². The molecule has 1 aromatic rings. The average Bonchev–Trinajstić information content (AvgIpc) is 2.26. The summed E-state index contributed by atoms with van der Waals surface area (Å²) in [6.07, 6.45) is 1.08. The molecule has 3 unspecified atom stereocenters. The van der Waals surface area contributed by atoms with E-state index in [9.17, 15) is 8.78 Å². The summed E-state index contributed by atoms with van der Waals surface area (Å²) in [6.45, 7) is 8.32. The van der Waals surface area contributed by atoms with Gasteiger partial charge < -0.3 is 5.32 Å². The Balaban J connectivity index is 2.72. The minimum absolute atomic E-state index is 0.0517. The molecule has 1 rings (SSSR count). The summed E-state index contributed by atoms with van der Waals surface area (Å²) in [6, 6.07) is 3.92. The lowest BCUT2D eigenvalue weighted by molar-refractivity contribution is 0.359. The zero-order valence-corrected chi connectivity index (χ0v) is 10.9. The predicted octanol–water partition coefficient (Wildman–Crippen LogP) is 4.05. The van der Waals surface area contributed by atoms with Crippen molar-refractivity contribution in [3.63, 3.8) is 0 Å². The summed E-state index contributed by atoms with van der Waals surface area (Å²) >= 11 is 0. The quantitative estimate of drug-likeness (QED) is 0.820. The number of hydrogen-bond acceptors (Lipinski definition) is 1. The summed E-state index contributed by atoms with van der Waals surface area (Å²) in [5.41, 5.74) is 0.651. The van der Waals surface area contributed by atoms with Crippen LogP contribution >= 0.6 is 0 Å².